The topological polar surface area (TPSA) is 114 Å². The summed E-state index contributed by atoms with van der Waals surface area (Å²) in [5.41, 5.74) is 7.23. The average molecular weight is 436 g/mol. The molecule has 10 heteroatoms. The number of piperidine rings is 1. The molecule has 0 radical (unpaired) electrons. The van der Waals surface area contributed by atoms with Crippen LogP contribution in [0.5, 0.6) is 12.0 Å². The Hall–Kier alpha value is -2.62. The molecule has 2 aromatic rings. The zero-order valence-corrected chi connectivity index (χ0v) is 19.3. The Bertz CT molecular complexity index is 905. The van der Waals surface area contributed by atoms with Crippen LogP contribution in [0, 0.1) is 5.92 Å². The maximum atomic E-state index is 12.0. The number of hydrogen-bond acceptors (Lipinski definition) is 8. The van der Waals surface area contributed by atoms with Crippen LogP contribution in [0.2, 0.25) is 0 Å². The van der Waals surface area contributed by atoms with Crippen molar-refractivity contribution in [1.29, 1.82) is 0 Å². The molecule has 1 fully saturated rings. The molecule has 0 unspecified atom stereocenters. The average Bonchev–Trinajstić information content (AvgIpc) is 3.09. The fourth-order valence-electron chi connectivity index (χ4n) is 4.19. The Labute approximate surface area is 183 Å². The summed E-state index contributed by atoms with van der Waals surface area (Å²) in [6.07, 6.45) is 5.07. The fourth-order valence-corrected chi connectivity index (χ4v) is 4.19. The molecule has 3 rings (SSSR count). The third-order valence-corrected chi connectivity index (χ3v) is 6.01. The van der Waals surface area contributed by atoms with Gasteiger partial charge in [0, 0.05) is 19.4 Å². The maximum Gasteiger partial charge on any atom is 0.515 e. The van der Waals surface area contributed by atoms with Crippen molar-refractivity contribution < 1.29 is 23.5 Å². The van der Waals surface area contributed by atoms with Crippen LogP contribution < -0.4 is 15.2 Å². The first kappa shape index (κ1) is 23.1. The van der Waals surface area contributed by atoms with E-state index in [0.717, 1.165) is 51.7 Å². The number of unbranched alkanes of at least 4 members (excludes halogenated alkanes) is 1. The van der Waals surface area contributed by atoms with Gasteiger partial charge in [-0.05, 0) is 32.6 Å². The molecule has 1 saturated heterocycles. The van der Waals surface area contributed by atoms with Gasteiger partial charge in [-0.15, -0.1) is 0 Å². The minimum atomic E-state index is -0.139. The minimum Gasteiger partial charge on any atom is -0.468 e. The summed E-state index contributed by atoms with van der Waals surface area (Å²) in [4.78, 5) is 25.1. The number of quaternary nitrogens is 1. The maximum absolute atomic E-state index is 12.0. The molecule has 172 valence electrons. The minimum absolute atomic E-state index is 0.0507. The molecular formula is C21H35N6O4+. The second kappa shape index (κ2) is 9.67. The van der Waals surface area contributed by atoms with Crippen LogP contribution >= 0.6 is 0 Å². The van der Waals surface area contributed by atoms with Crippen molar-refractivity contribution in [2.24, 2.45) is 5.92 Å². The third kappa shape index (κ3) is 5.17. The molecule has 3 heterocycles. The van der Waals surface area contributed by atoms with Crippen LogP contribution in [0.1, 0.15) is 46.0 Å². The molecule has 0 saturated carbocycles. The molecule has 2 N–H and O–H groups in total. The number of rotatable bonds is 8. The van der Waals surface area contributed by atoms with E-state index in [2.05, 4.69) is 15.0 Å². The van der Waals surface area contributed by atoms with Gasteiger partial charge in [-0.3, -0.25) is 4.57 Å². The third-order valence-electron chi connectivity index (χ3n) is 6.01. The molecule has 31 heavy (non-hydrogen) atoms. The molecule has 2 aromatic heterocycles. The summed E-state index contributed by atoms with van der Waals surface area (Å²) in [6, 6.07) is 0.722. The van der Waals surface area contributed by atoms with Crippen molar-refractivity contribution in [2.45, 2.75) is 58.6 Å². The number of carbonyl (C=O) groups is 1. The number of methoxy groups -OCH3 is 2. The van der Waals surface area contributed by atoms with Crippen molar-refractivity contribution in [3.05, 3.63) is 0 Å². The predicted molar refractivity (Wildman–Crippen MR) is 117 cm³/mol. The molecular weight excluding hydrogens is 400 g/mol. The van der Waals surface area contributed by atoms with Gasteiger partial charge in [0.05, 0.1) is 40.5 Å². The zero-order chi connectivity index (χ0) is 22.6. The first-order valence-corrected chi connectivity index (χ1v) is 10.9. The SMILES string of the molecule is COC(=O)[N+]1(C)CCC(CCCCn2c(OC)nc3c(N)nc(OC(C)C)nc32)CC1. The number of amides is 1. The summed E-state index contributed by atoms with van der Waals surface area (Å²) >= 11 is 0. The first-order valence-electron chi connectivity index (χ1n) is 10.9. The Balaban J connectivity index is 1.60. The van der Waals surface area contributed by atoms with E-state index in [-0.39, 0.29) is 24.0 Å². The molecule has 10 nitrogen and oxygen atoms in total. The molecule has 1 amide bonds. The van der Waals surface area contributed by atoms with Gasteiger partial charge in [0.15, 0.2) is 17.0 Å². The first-order chi connectivity index (χ1) is 14.8. The second-order valence-corrected chi connectivity index (χ2v) is 8.73. The van der Waals surface area contributed by atoms with Gasteiger partial charge in [-0.25, -0.2) is 4.48 Å². The van der Waals surface area contributed by atoms with Crippen LogP contribution in [-0.4, -0.2) is 70.6 Å². The van der Waals surface area contributed by atoms with Crippen molar-refractivity contribution in [2.75, 3.05) is 40.1 Å². The lowest BCUT2D eigenvalue weighted by atomic mass is 9.90. The number of nitrogen functional groups attached to an aromatic ring is 1. The molecule has 1 aliphatic rings. The molecule has 1 aliphatic heterocycles. The van der Waals surface area contributed by atoms with Crippen LogP contribution in [0.25, 0.3) is 11.2 Å². The number of likely N-dealkylation sites (tertiary alicyclic amines) is 1. The van der Waals surface area contributed by atoms with Gasteiger partial charge in [0.1, 0.15) is 0 Å². The van der Waals surface area contributed by atoms with Crippen LogP contribution in [0.4, 0.5) is 10.6 Å². The van der Waals surface area contributed by atoms with E-state index in [9.17, 15) is 4.79 Å². The number of hydrogen-bond donors (Lipinski definition) is 1. The Morgan fingerprint density at radius 2 is 1.90 bits per heavy atom. The highest BCUT2D eigenvalue weighted by molar-refractivity contribution is 5.83. The van der Waals surface area contributed by atoms with Crippen LogP contribution in [0.3, 0.4) is 0 Å². The van der Waals surface area contributed by atoms with E-state index >= 15 is 0 Å². The van der Waals surface area contributed by atoms with E-state index in [4.69, 9.17) is 19.9 Å². The van der Waals surface area contributed by atoms with Gasteiger partial charge in [-0.2, -0.15) is 19.7 Å². The number of imidazole rings is 1. The van der Waals surface area contributed by atoms with Crippen molar-refractivity contribution >= 4 is 23.1 Å². The number of carbonyl (C=O) groups excluding carboxylic acids is 1. The summed E-state index contributed by atoms with van der Waals surface area (Å²) in [7, 11) is 5.01. The van der Waals surface area contributed by atoms with E-state index in [1.165, 1.54) is 7.11 Å². The largest absolute Gasteiger partial charge is 0.515 e. The fraction of sp³-hybridized carbons (Fsp3) is 0.714. The lowest BCUT2D eigenvalue weighted by molar-refractivity contribution is -0.844. The molecule has 0 aliphatic carbocycles. The van der Waals surface area contributed by atoms with Gasteiger partial charge in [-0.1, -0.05) is 6.42 Å². The number of nitrogens with zero attached hydrogens (tertiary/aromatic N) is 5. The summed E-state index contributed by atoms with van der Waals surface area (Å²) in [5, 5.41) is 0. The lowest BCUT2D eigenvalue weighted by Crippen LogP contribution is -2.53. The second-order valence-electron chi connectivity index (χ2n) is 8.73. The highest BCUT2D eigenvalue weighted by Crippen LogP contribution is 2.29. The smallest absolute Gasteiger partial charge is 0.468 e. The number of nitrogens with two attached hydrogens (primary N) is 1. The Morgan fingerprint density at radius 3 is 2.52 bits per heavy atom. The number of ether oxygens (including phenoxy) is 3. The van der Waals surface area contributed by atoms with Crippen LogP contribution in [-0.2, 0) is 11.3 Å². The number of anilines is 1. The number of fused-ring (bicyclic) bond motifs is 1. The molecule has 0 spiro atoms. The van der Waals surface area contributed by atoms with E-state index in [1.54, 1.807) is 7.11 Å². The highest BCUT2D eigenvalue weighted by Gasteiger charge is 2.37. The number of aromatic nitrogens is 4. The van der Waals surface area contributed by atoms with Gasteiger partial charge in [0.25, 0.3) is 6.01 Å². The molecule has 0 bridgehead atoms. The Kier molecular flexibility index (Phi) is 7.19. The quantitative estimate of drug-likeness (QED) is 0.497. The zero-order valence-electron chi connectivity index (χ0n) is 19.3. The van der Waals surface area contributed by atoms with Gasteiger partial charge < -0.3 is 19.9 Å². The van der Waals surface area contributed by atoms with E-state index < -0.39 is 0 Å². The number of aryl methyl sites for hydroxylation is 1. The van der Waals surface area contributed by atoms with E-state index in [0.29, 0.717) is 27.6 Å². The van der Waals surface area contributed by atoms with Gasteiger partial charge >= 0.3 is 12.1 Å². The van der Waals surface area contributed by atoms with Gasteiger partial charge in [0.2, 0.25) is 0 Å². The van der Waals surface area contributed by atoms with E-state index in [1.807, 2.05) is 25.5 Å². The predicted octanol–water partition coefficient (Wildman–Crippen LogP) is 3.00. The summed E-state index contributed by atoms with van der Waals surface area (Å²) in [5.74, 6) is 0.924. The molecule has 0 atom stereocenters. The normalized spacial score (nSPS) is 21.4. The standard InChI is InChI=1S/C21H35N6O4/c1-14(2)31-19-24-17(22)16-18(25-19)26(20(23-16)29-4)11-7-6-8-15-9-12-27(3,13-10-15)21(28)30-5/h14-15H,6-13H2,1-5H3,(H2,22,24,25)/q+1. The molecule has 0 aromatic carbocycles. The van der Waals surface area contributed by atoms with Crippen molar-refractivity contribution in [3.8, 4) is 12.0 Å². The highest BCUT2D eigenvalue weighted by atomic mass is 16.5. The summed E-state index contributed by atoms with van der Waals surface area (Å²) < 4.78 is 18.3. The van der Waals surface area contributed by atoms with Crippen molar-refractivity contribution in [3.63, 3.8) is 0 Å². The van der Waals surface area contributed by atoms with Crippen LogP contribution in [0.15, 0.2) is 0 Å². The summed E-state index contributed by atoms with van der Waals surface area (Å²) in [6.45, 7) is 6.23. The monoisotopic (exact) mass is 435 g/mol. The Morgan fingerprint density at radius 1 is 1.19 bits per heavy atom. The lowest BCUT2D eigenvalue weighted by Gasteiger charge is -2.36. The van der Waals surface area contributed by atoms with Crippen molar-refractivity contribution in [1.82, 2.24) is 19.5 Å².